The first-order valence-electron chi connectivity index (χ1n) is 7.16. The molecule has 0 radical (unpaired) electrons. The minimum absolute atomic E-state index is 0.591. The summed E-state index contributed by atoms with van der Waals surface area (Å²) in [6.07, 6.45) is 7.02. The van der Waals surface area contributed by atoms with E-state index in [1.165, 1.54) is 50.2 Å². The maximum absolute atomic E-state index is 4.44. The van der Waals surface area contributed by atoms with Crippen molar-refractivity contribution in [2.75, 3.05) is 26.2 Å². The second-order valence-electron chi connectivity index (χ2n) is 5.46. The van der Waals surface area contributed by atoms with Crippen LogP contribution in [0.25, 0.3) is 0 Å². The lowest BCUT2D eigenvalue weighted by Crippen LogP contribution is -2.29. The van der Waals surface area contributed by atoms with Crippen LogP contribution in [0.4, 0.5) is 0 Å². The molecule has 0 aliphatic carbocycles. The van der Waals surface area contributed by atoms with Gasteiger partial charge in [0.15, 0.2) is 0 Å². The normalized spacial score (nSPS) is 25.4. The van der Waals surface area contributed by atoms with Crippen LogP contribution in [0, 0.1) is 0 Å². The van der Waals surface area contributed by atoms with E-state index in [0.717, 1.165) is 19.6 Å². The Labute approximate surface area is 109 Å². The van der Waals surface area contributed by atoms with Crippen LogP contribution in [0.2, 0.25) is 0 Å². The van der Waals surface area contributed by atoms with Crippen LogP contribution in [0.1, 0.15) is 43.0 Å². The molecule has 4 heteroatoms. The molecule has 1 aromatic heterocycles. The number of rotatable bonds is 3. The lowest BCUT2D eigenvalue weighted by Gasteiger charge is -2.26. The molecule has 2 aliphatic rings. The van der Waals surface area contributed by atoms with Gasteiger partial charge in [-0.2, -0.15) is 0 Å². The number of piperidine rings is 1. The van der Waals surface area contributed by atoms with Gasteiger partial charge < -0.3 is 5.32 Å². The first-order valence-corrected chi connectivity index (χ1v) is 7.16. The van der Waals surface area contributed by atoms with Crippen molar-refractivity contribution in [3.8, 4) is 0 Å². The fourth-order valence-corrected chi connectivity index (χ4v) is 2.98. The monoisotopic (exact) mass is 246 g/mol. The maximum Gasteiger partial charge on any atom is 0.115 e. The van der Waals surface area contributed by atoms with E-state index in [-0.39, 0.29) is 0 Å². The highest BCUT2D eigenvalue weighted by atomic mass is 15.1. The molecule has 0 spiro atoms. The summed E-state index contributed by atoms with van der Waals surface area (Å²) < 4.78 is 0. The van der Waals surface area contributed by atoms with Gasteiger partial charge >= 0.3 is 0 Å². The average molecular weight is 246 g/mol. The zero-order valence-electron chi connectivity index (χ0n) is 10.9. The number of nitrogens with one attached hydrogen (secondary N) is 1. The van der Waals surface area contributed by atoms with Crippen molar-refractivity contribution in [3.05, 3.63) is 23.8 Å². The van der Waals surface area contributed by atoms with E-state index in [1.807, 2.05) is 0 Å². The van der Waals surface area contributed by atoms with Crippen molar-refractivity contribution < 1.29 is 0 Å². The van der Waals surface area contributed by atoms with Crippen molar-refractivity contribution in [2.45, 2.75) is 38.1 Å². The molecule has 0 amide bonds. The standard InChI is InChI=1S/C14H22N4/c1-2-6-18(7-3-1)10-13-8-14(17-11-16-13)12-4-5-15-9-12/h8,11-12,15H,1-7,9-10H2. The van der Waals surface area contributed by atoms with Gasteiger partial charge in [-0.25, -0.2) is 9.97 Å². The summed E-state index contributed by atoms with van der Waals surface area (Å²) >= 11 is 0. The van der Waals surface area contributed by atoms with Crippen molar-refractivity contribution >= 4 is 0 Å². The van der Waals surface area contributed by atoms with Crippen LogP contribution in [0.15, 0.2) is 12.4 Å². The molecule has 3 rings (SSSR count). The summed E-state index contributed by atoms with van der Waals surface area (Å²) in [6, 6.07) is 2.21. The molecule has 4 nitrogen and oxygen atoms in total. The van der Waals surface area contributed by atoms with Crippen molar-refractivity contribution in [1.82, 2.24) is 20.2 Å². The highest BCUT2D eigenvalue weighted by Gasteiger charge is 2.19. The lowest BCUT2D eigenvalue weighted by molar-refractivity contribution is 0.218. The van der Waals surface area contributed by atoms with E-state index >= 15 is 0 Å². The van der Waals surface area contributed by atoms with Crippen LogP contribution < -0.4 is 5.32 Å². The van der Waals surface area contributed by atoms with Gasteiger partial charge in [0.2, 0.25) is 0 Å². The molecule has 1 atom stereocenters. The van der Waals surface area contributed by atoms with Gasteiger partial charge in [0.25, 0.3) is 0 Å². The number of nitrogens with zero attached hydrogens (tertiary/aromatic N) is 3. The Bertz CT molecular complexity index is 381. The highest BCUT2D eigenvalue weighted by molar-refractivity contribution is 5.14. The second kappa shape index (κ2) is 5.76. The van der Waals surface area contributed by atoms with Crippen molar-refractivity contribution in [1.29, 1.82) is 0 Å². The van der Waals surface area contributed by atoms with Gasteiger partial charge in [0.05, 0.1) is 5.69 Å². The Morgan fingerprint density at radius 3 is 2.89 bits per heavy atom. The largest absolute Gasteiger partial charge is 0.316 e. The first kappa shape index (κ1) is 12.1. The summed E-state index contributed by atoms with van der Waals surface area (Å²) in [7, 11) is 0. The molecular formula is C14H22N4. The van der Waals surface area contributed by atoms with Crippen LogP contribution in [0.5, 0.6) is 0 Å². The van der Waals surface area contributed by atoms with Gasteiger partial charge in [-0.05, 0) is 45.0 Å². The van der Waals surface area contributed by atoms with Crippen LogP contribution in [-0.2, 0) is 6.54 Å². The van der Waals surface area contributed by atoms with E-state index in [4.69, 9.17) is 0 Å². The van der Waals surface area contributed by atoms with Gasteiger partial charge in [-0.15, -0.1) is 0 Å². The Hall–Kier alpha value is -1.00. The van der Waals surface area contributed by atoms with Gasteiger partial charge in [0, 0.05) is 24.7 Å². The second-order valence-corrected chi connectivity index (χ2v) is 5.46. The lowest BCUT2D eigenvalue weighted by atomic mass is 10.0. The van der Waals surface area contributed by atoms with E-state index in [1.54, 1.807) is 6.33 Å². The topological polar surface area (TPSA) is 41.1 Å². The zero-order valence-corrected chi connectivity index (χ0v) is 10.9. The molecule has 1 N–H and O–H groups in total. The zero-order chi connectivity index (χ0) is 12.2. The summed E-state index contributed by atoms with van der Waals surface area (Å²) in [5.74, 6) is 0.591. The van der Waals surface area contributed by atoms with Crippen LogP contribution >= 0.6 is 0 Å². The molecule has 3 heterocycles. The first-order chi connectivity index (χ1) is 8.92. The number of hydrogen-bond acceptors (Lipinski definition) is 4. The van der Waals surface area contributed by atoms with E-state index in [9.17, 15) is 0 Å². The van der Waals surface area contributed by atoms with Gasteiger partial charge in [-0.1, -0.05) is 6.42 Å². The summed E-state index contributed by atoms with van der Waals surface area (Å²) in [5, 5.41) is 3.40. The molecule has 1 unspecified atom stereocenters. The summed E-state index contributed by atoms with van der Waals surface area (Å²) in [5.41, 5.74) is 2.41. The number of likely N-dealkylation sites (tertiary alicyclic amines) is 1. The Morgan fingerprint density at radius 1 is 1.22 bits per heavy atom. The predicted octanol–water partition coefficient (Wildman–Crippen LogP) is 1.54. The molecular weight excluding hydrogens is 224 g/mol. The van der Waals surface area contributed by atoms with Gasteiger partial charge in [-0.3, -0.25) is 4.90 Å². The molecule has 0 bridgehead atoms. The predicted molar refractivity (Wildman–Crippen MR) is 71.4 cm³/mol. The third-order valence-corrected chi connectivity index (χ3v) is 4.06. The van der Waals surface area contributed by atoms with Crippen LogP contribution in [-0.4, -0.2) is 41.0 Å². The summed E-state index contributed by atoms with van der Waals surface area (Å²) in [4.78, 5) is 11.4. The maximum atomic E-state index is 4.44. The van der Waals surface area contributed by atoms with Crippen LogP contribution in [0.3, 0.4) is 0 Å². The van der Waals surface area contributed by atoms with E-state index in [2.05, 4.69) is 26.3 Å². The van der Waals surface area contributed by atoms with E-state index < -0.39 is 0 Å². The third kappa shape index (κ3) is 2.87. The smallest absolute Gasteiger partial charge is 0.115 e. The Morgan fingerprint density at radius 2 is 2.11 bits per heavy atom. The molecule has 0 aromatic carbocycles. The molecule has 98 valence electrons. The fourth-order valence-electron chi connectivity index (χ4n) is 2.98. The third-order valence-electron chi connectivity index (χ3n) is 4.06. The number of aromatic nitrogens is 2. The van der Waals surface area contributed by atoms with E-state index in [0.29, 0.717) is 5.92 Å². The Kier molecular flexibility index (Phi) is 3.86. The Balaban J connectivity index is 1.66. The SMILES string of the molecule is c1nc(CN2CCCCC2)cc(C2CCNC2)n1. The van der Waals surface area contributed by atoms with Crippen molar-refractivity contribution in [3.63, 3.8) is 0 Å². The van der Waals surface area contributed by atoms with Gasteiger partial charge in [0.1, 0.15) is 6.33 Å². The van der Waals surface area contributed by atoms with Crippen molar-refractivity contribution in [2.24, 2.45) is 0 Å². The quantitative estimate of drug-likeness (QED) is 0.878. The minimum Gasteiger partial charge on any atom is -0.316 e. The molecule has 2 aliphatic heterocycles. The summed E-state index contributed by atoms with van der Waals surface area (Å²) in [6.45, 7) is 5.64. The number of hydrogen-bond donors (Lipinski definition) is 1. The average Bonchev–Trinajstić information content (AvgIpc) is 2.94. The highest BCUT2D eigenvalue weighted by Crippen LogP contribution is 2.21. The molecule has 0 saturated carbocycles. The molecule has 18 heavy (non-hydrogen) atoms. The molecule has 1 aromatic rings. The molecule has 2 fully saturated rings. The molecule has 2 saturated heterocycles. The fraction of sp³-hybridized carbons (Fsp3) is 0.714. The minimum atomic E-state index is 0.591.